The van der Waals surface area contributed by atoms with Crippen LogP contribution in [0.2, 0.25) is 0 Å². The normalized spacial score (nSPS) is 19.5. The van der Waals surface area contributed by atoms with Crippen LogP contribution in [0.1, 0.15) is 56.1 Å². The fourth-order valence-corrected chi connectivity index (χ4v) is 6.67. The molecule has 8 amide bonds. The molecular weight excluding hydrogens is 788 g/mol. The average molecular weight is 841 g/mol. The van der Waals surface area contributed by atoms with E-state index in [1.54, 1.807) is 42.5 Å². The zero-order valence-corrected chi connectivity index (χ0v) is 33.3. The summed E-state index contributed by atoms with van der Waals surface area (Å²) < 4.78 is 5.79. The summed E-state index contributed by atoms with van der Waals surface area (Å²) in [6.07, 6.45) is -0.174. The van der Waals surface area contributed by atoms with Gasteiger partial charge in [-0.25, -0.2) is 9.63 Å². The van der Waals surface area contributed by atoms with E-state index >= 15 is 0 Å². The number of aliphatic hydroxyl groups is 2. The lowest BCUT2D eigenvalue weighted by molar-refractivity contribution is -0.137. The topological polar surface area (TPSA) is 271 Å². The van der Waals surface area contributed by atoms with E-state index in [9.17, 15) is 43.8 Å². The lowest BCUT2D eigenvalue weighted by Gasteiger charge is -2.24. The highest BCUT2D eigenvalue weighted by atomic mass is 35.5. The van der Waals surface area contributed by atoms with E-state index in [-0.39, 0.29) is 63.0 Å². The standard InChI is InChI=1S/C40H53ClN8O10/c41-45-20-18-25-12-14-27(15-13-25)46-38(56)28(10-7-19-43-40(42)58)48-39(57)29(22-26-8-3-1-4-9-26)47-33(51)23-30-36(54)37(55)31(59-30)24-44-32(50)11-5-2-6-21-49-34(52)16-17-35(49)53/h1,3-4,8-9,12-17,28-31,36-37,45,54-55H,2,5-7,10-11,18-24H2,(H,44,50)(H,46,56)(H,47,51)(H,48,57)(H3,42,43,58)/t28?,29-,30+,31-,36?,37?/m1/s1. The number of nitrogens with two attached hydrogens (primary N) is 1. The number of halogens is 1. The summed E-state index contributed by atoms with van der Waals surface area (Å²) in [6, 6.07) is 13.0. The molecule has 2 aliphatic rings. The number of imide groups is 1. The van der Waals surface area contributed by atoms with Gasteiger partial charge < -0.3 is 47.3 Å². The van der Waals surface area contributed by atoms with Crippen molar-refractivity contribution in [1.82, 2.24) is 31.0 Å². The summed E-state index contributed by atoms with van der Waals surface area (Å²) >= 11 is 5.56. The number of rotatable bonds is 24. The predicted octanol–water partition coefficient (Wildman–Crippen LogP) is 0.0527. The van der Waals surface area contributed by atoms with Crippen LogP contribution in [0.3, 0.4) is 0 Å². The molecule has 0 spiro atoms. The van der Waals surface area contributed by atoms with Gasteiger partial charge in [-0.3, -0.25) is 33.7 Å². The van der Waals surface area contributed by atoms with Crippen LogP contribution in [0.25, 0.3) is 0 Å². The summed E-state index contributed by atoms with van der Waals surface area (Å²) in [6.45, 7) is 0.827. The highest BCUT2D eigenvalue weighted by Crippen LogP contribution is 2.24. The molecule has 6 atom stereocenters. The Morgan fingerprint density at radius 2 is 1.46 bits per heavy atom. The maximum Gasteiger partial charge on any atom is 0.312 e. The van der Waals surface area contributed by atoms with E-state index in [1.165, 1.54) is 12.2 Å². The molecule has 3 unspecified atom stereocenters. The minimum Gasteiger partial charge on any atom is -0.388 e. The number of amides is 8. The smallest absolute Gasteiger partial charge is 0.312 e. The largest absolute Gasteiger partial charge is 0.388 e. The highest BCUT2D eigenvalue weighted by Gasteiger charge is 2.43. The first-order valence-corrected chi connectivity index (χ1v) is 19.9. The minimum absolute atomic E-state index is 0.0473. The second kappa shape index (κ2) is 23.9. The van der Waals surface area contributed by atoms with Crippen molar-refractivity contribution in [3.63, 3.8) is 0 Å². The Labute approximate surface area is 347 Å². The number of nitrogens with zero attached hydrogens (tertiary/aromatic N) is 1. The van der Waals surface area contributed by atoms with Gasteiger partial charge in [0.2, 0.25) is 23.6 Å². The molecule has 10 N–H and O–H groups in total. The van der Waals surface area contributed by atoms with E-state index < -0.39 is 66.7 Å². The monoisotopic (exact) mass is 840 g/mol. The van der Waals surface area contributed by atoms with Crippen molar-refractivity contribution in [2.24, 2.45) is 5.73 Å². The molecule has 19 heteroatoms. The van der Waals surface area contributed by atoms with E-state index in [4.69, 9.17) is 22.2 Å². The molecule has 2 heterocycles. The molecule has 0 aromatic heterocycles. The van der Waals surface area contributed by atoms with Crippen LogP contribution in [0.15, 0.2) is 66.7 Å². The van der Waals surface area contributed by atoms with Crippen LogP contribution in [0.5, 0.6) is 0 Å². The number of aliphatic hydroxyl groups excluding tert-OH is 2. The van der Waals surface area contributed by atoms with Crippen LogP contribution in [-0.2, 0) is 46.3 Å². The maximum absolute atomic E-state index is 13.9. The number of anilines is 1. The number of hydrogen-bond acceptors (Lipinski definition) is 11. The van der Waals surface area contributed by atoms with Crippen LogP contribution < -0.4 is 37.2 Å². The lowest BCUT2D eigenvalue weighted by atomic mass is 10.0. The van der Waals surface area contributed by atoms with Gasteiger partial charge in [0.15, 0.2) is 0 Å². The third-order valence-electron chi connectivity index (χ3n) is 9.80. The Balaban J connectivity index is 1.32. The van der Waals surface area contributed by atoms with Crippen molar-refractivity contribution in [1.29, 1.82) is 0 Å². The van der Waals surface area contributed by atoms with Crippen molar-refractivity contribution >= 4 is 58.9 Å². The minimum atomic E-state index is -1.47. The first kappa shape index (κ1) is 46.3. The molecule has 4 rings (SSSR count). The first-order valence-electron chi connectivity index (χ1n) is 19.6. The maximum atomic E-state index is 13.9. The fourth-order valence-electron chi connectivity index (χ4n) is 6.58. The zero-order chi connectivity index (χ0) is 42.7. The number of benzene rings is 2. The Bertz CT molecular complexity index is 1770. The van der Waals surface area contributed by atoms with Gasteiger partial charge in [0.25, 0.3) is 11.8 Å². The molecule has 0 bridgehead atoms. The van der Waals surface area contributed by atoms with Gasteiger partial charge in [0.1, 0.15) is 30.4 Å². The second-order valence-corrected chi connectivity index (χ2v) is 14.6. The van der Waals surface area contributed by atoms with Crippen molar-refractivity contribution in [2.75, 3.05) is 31.5 Å². The molecule has 18 nitrogen and oxygen atoms in total. The molecule has 1 saturated heterocycles. The fraction of sp³-hybridized carbons (Fsp3) is 0.475. The molecule has 0 radical (unpaired) electrons. The molecule has 59 heavy (non-hydrogen) atoms. The molecule has 2 aromatic carbocycles. The number of primary amides is 1. The second-order valence-electron chi connectivity index (χ2n) is 14.3. The number of carbonyl (C=O) groups is 7. The number of urea groups is 1. The Morgan fingerprint density at radius 3 is 2.14 bits per heavy atom. The van der Waals surface area contributed by atoms with Gasteiger partial charge >= 0.3 is 6.03 Å². The van der Waals surface area contributed by atoms with Gasteiger partial charge in [0, 0.05) is 56.9 Å². The Kier molecular flexibility index (Phi) is 18.7. The summed E-state index contributed by atoms with van der Waals surface area (Å²) in [5.74, 6) is -2.92. The van der Waals surface area contributed by atoms with Crippen LogP contribution >= 0.6 is 11.8 Å². The average Bonchev–Trinajstić information content (AvgIpc) is 3.68. The van der Waals surface area contributed by atoms with Gasteiger partial charge in [-0.2, -0.15) is 0 Å². The van der Waals surface area contributed by atoms with Crippen molar-refractivity contribution in [2.45, 2.75) is 94.3 Å². The van der Waals surface area contributed by atoms with Crippen molar-refractivity contribution in [3.05, 3.63) is 77.9 Å². The van der Waals surface area contributed by atoms with Gasteiger partial charge in [0.05, 0.1) is 12.5 Å². The molecular formula is C40H53ClN8O10. The van der Waals surface area contributed by atoms with Gasteiger partial charge in [-0.1, -0.05) is 48.9 Å². The molecule has 2 aliphatic heterocycles. The van der Waals surface area contributed by atoms with Gasteiger partial charge in [-0.05, 0) is 67.1 Å². The van der Waals surface area contributed by atoms with Crippen molar-refractivity contribution < 1.29 is 48.5 Å². The molecule has 320 valence electrons. The van der Waals surface area contributed by atoms with Crippen LogP contribution in [-0.4, -0.2) is 119 Å². The predicted molar refractivity (Wildman–Crippen MR) is 216 cm³/mol. The Morgan fingerprint density at radius 1 is 0.763 bits per heavy atom. The van der Waals surface area contributed by atoms with Crippen molar-refractivity contribution in [3.8, 4) is 0 Å². The summed E-state index contributed by atoms with van der Waals surface area (Å²) in [4.78, 5) is 91.6. The number of ether oxygens (including phenoxy) is 1. The number of nitrogens with one attached hydrogen (secondary N) is 6. The summed E-state index contributed by atoms with van der Waals surface area (Å²) in [7, 11) is 0. The number of carbonyl (C=O) groups excluding carboxylic acids is 7. The molecule has 0 saturated carbocycles. The molecule has 2 aromatic rings. The third kappa shape index (κ3) is 15.4. The quantitative estimate of drug-likeness (QED) is 0.0387. The van der Waals surface area contributed by atoms with E-state index in [2.05, 4.69) is 31.4 Å². The first-order chi connectivity index (χ1) is 28.3. The number of hydrogen-bond donors (Lipinski definition) is 9. The van der Waals surface area contributed by atoms with E-state index in [1.807, 2.05) is 12.1 Å². The number of unbranched alkanes of at least 4 members (excludes halogenated alkanes) is 2. The van der Waals surface area contributed by atoms with E-state index in [0.717, 1.165) is 10.5 Å². The molecule has 0 aliphatic carbocycles. The van der Waals surface area contributed by atoms with E-state index in [0.29, 0.717) is 43.5 Å². The third-order valence-corrected chi connectivity index (χ3v) is 9.99. The zero-order valence-electron chi connectivity index (χ0n) is 32.6. The summed E-state index contributed by atoms with van der Waals surface area (Å²) in [5.41, 5.74) is 7.36. The summed E-state index contributed by atoms with van der Waals surface area (Å²) in [5, 5.41) is 34.8. The van der Waals surface area contributed by atoms with Crippen LogP contribution in [0, 0.1) is 0 Å². The highest BCUT2D eigenvalue weighted by molar-refractivity contribution is 6.13. The molecule has 1 fully saturated rings. The van der Waals surface area contributed by atoms with Gasteiger partial charge in [-0.15, -0.1) is 0 Å². The van der Waals surface area contributed by atoms with Crippen LogP contribution in [0.4, 0.5) is 10.5 Å². The SMILES string of the molecule is NC(=O)NCCCC(NC(=O)[C@@H](Cc1ccccc1)NC(=O)C[C@@H]1O[C@H](CNC(=O)CCCCCN2C(=O)C=CC2=O)C(O)C1O)C(=O)Nc1ccc(CCNCl)cc1. The Hall–Kier alpha value is -5.40. The lowest BCUT2D eigenvalue weighted by Crippen LogP contribution is -2.54.